The Balaban J connectivity index is 1.48. The van der Waals surface area contributed by atoms with Crippen LogP contribution < -0.4 is 15.0 Å². The van der Waals surface area contributed by atoms with E-state index in [-0.39, 0.29) is 36.9 Å². The number of aryl methyl sites for hydroxylation is 1. The summed E-state index contributed by atoms with van der Waals surface area (Å²) < 4.78 is 34.1. The van der Waals surface area contributed by atoms with E-state index in [0.29, 0.717) is 22.8 Å². The van der Waals surface area contributed by atoms with E-state index >= 15 is 0 Å². The highest BCUT2D eigenvalue weighted by atomic mass is 19.1. The molecular weight excluding hydrogens is 418 g/mol. The maximum atomic E-state index is 14.1. The number of amides is 2. The lowest BCUT2D eigenvalue weighted by Gasteiger charge is -2.17. The molecule has 2 amide bonds. The number of methoxy groups -OCH3 is 1. The van der Waals surface area contributed by atoms with E-state index in [2.05, 4.69) is 10.4 Å². The van der Waals surface area contributed by atoms with Crippen LogP contribution in [0, 0.1) is 24.5 Å². The van der Waals surface area contributed by atoms with E-state index in [1.165, 1.54) is 10.9 Å². The fourth-order valence-corrected chi connectivity index (χ4v) is 3.70. The molecule has 1 unspecified atom stereocenters. The summed E-state index contributed by atoms with van der Waals surface area (Å²) in [4.78, 5) is 27.0. The van der Waals surface area contributed by atoms with Crippen molar-refractivity contribution in [3.05, 3.63) is 71.4 Å². The first-order valence-electron chi connectivity index (χ1n) is 10.1. The van der Waals surface area contributed by atoms with Crippen molar-refractivity contribution in [3.8, 4) is 5.75 Å². The fraction of sp³-hybridized carbons (Fsp3) is 0.261. The largest absolute Gasteiger partial charge is 0.497 e. The fourth-order valence-electron chi connectivity index (χ4n) is 3.70. The van der Waals surface area contributed by atoms with Gasteiger partial charge in [-0.05, 0) is 49.4 Å². The summed E-state index contributed by atoms with van der Waals surface area (Å²) in [6.45, 7) is 1.95. The summed E-state index contributed by atoms with van der Waals surface area (Å²) in [5.74, 6) is -1.10. The van der Waals surface area contributed by atoms with E-state index in [1.54, 1.807) is 43.2 Å². The summed E-state index contributed by atoms with van der Waals surface area (Å²) >= 11 is 0. The summed E-state index contributed by atoms with van der Waals surface area (Å²) in [5, 5.41) is 6.99. The molecule has 1 saturated heterocycles. The zero-order chi connectivity index (χ0) is 22.8. The predicted molar refractivity (Wildman–Crippen MR) is 115 cm³/mol. The van der Waals surface area contributed by atoms with Crippen LogP contribution in [0.5, 0.6) is 5.75 Å². The Morgan fingerprint density at radius 2 is 1.97 bits per heavy atom. The van der Waals surface area contributed by atoms with Crippen molar-refractivity contribution in [2.24, 2.45) is 5.92 Å². The van der Waals surface area contributed by atoms with Gasteiger partial charge in [-0.3, -0.25) is 9.59 Å². The lowest BCUT2D eigenvalue weighted by molar-refractivity contribution is -0.122. The van der Waals surface area contributed by atoms with E-state index in [4.69, 9.17) is 4.74 Å². The molecular formula is C23H22F2N4O3. The molecule has 7 nitrogen and oxygen atoms in total. The number of ether oxygens (including phenoxy) is 1. The summed E-state index contributed by atoms with van der Waals surface area (Å²) in [5.41, 5.74) is 1.48. The Bertz CT molecular complexity index is 1160. The topological polar surface area (TPSA) is 76.5 Å². The lowest BCUT2D eigenvalue weighted by atomic mass is 10.1. The van der Waals surface area contributed by atoms with Gasteiger partial charge < -0.3 is 15.0 Å². The minimum Gasteiger partial charge on any atom is -0.497 e. The van der Waals surface area contributed by atoms with Crippen LogP contribution in [0.1, 0.15) is 17.5 Å². The second kappa shape index (κ2) is 8.78. The zero-order valence-corrected chi connectivity index (χ0v) is 17.6. The molecule has 166 valence electrons. The van der Waals surface area contributed by atoms with Gasteiger partial charge in [0.15, 0.2) is 0 Å². The number of nitrogens with zero attached hydrogens (tertiary/aromatic N) is 3. The van der Waals surface area contributed by atoms with Crippen molar-refractivity contribution in [2.45, 2.75) is 19.9 Å². The first kappa shape index (κ1) is 21.5. The number of aromatic nitrogens is 2. The Morgan fingerprint density at radius 3 is 2.69 bits per heavy atom. The predicted octanol–water partition coefficient (Wildman–Crippen LogP) is 3.52. The Kier molecular flexibility index (Phi) is 5.89. The van der Waals surface area contributed by atoms with Gasteiger partial charge >= 0.3 is 0 Å². The minimum absolute atomic E-state index is 0.0470. The van der Waals surface area contributed by atoms with E-state index in [9.17, 15) is 18.4 Å². The number of benzene rings is 2. The number of anilines is 2. The smallest absolute Gasteiger partial charge is 0.230 e. The van der Waals surface area contributed by atoms with Gasteiger partial charge in [0.05, 0.1) is 25.8 Å². The molecule has 9 heteroatoms. The maximum absolute atomic E-state index is 14.1. The van der Waals surface area contributed by atoms with Crippen LogP contribution in [0.25, 0.3) is 0 Å². The minimum atomic E-state index is -0.562. The Hall–Kier alpha value is -3.75. The zero-order valence-electron chi connectivity index (χ0n) is 17.6. The van der Waals surface area contributed by atoms with Gasteiger partial charge in [0, 0.05) is 29.8 Å². The number of halogens is 2. The lowest BCUT2D eigenvalue weighted by Crippen LogP contribution is -2.29. The second-order valence-electron chi connectivity index (χ2n) is 7.66. The third-order valence-electron chi connectivity index (χ3n) is 5.47. The summed E-state index contributed by atoms with van der Waals surface area (Å²) in [7, 11) is 1.56. The van der Waals surface area contributed by atoms with Crippen LogP contribution in [0.2, 0.25) is 0 Å². The molecule has 1 N–H and O–H groups in total. The van der Waals surface area contributed by atoms with Crippen LogP contribution >= 0.6 is 0 Å². The molecule has 1 aromatic heterocycles. The number of rotatable bonds is 6. The van der Waals surface area contributed by atoms with E-state index < -0.39 is 17.6 Å². The molecule has 0 spiro atoms. The molecule has 2 heterocycles. The number of carbonyl (C=O) groups is 2. The van der Waals surface area contributed by atoms with Crippen molar-refractivity contribution in [2.75, 3.05) is 23.9 Å². The second-order valence-corrected chi connectivity index (χ2v) is 7.66. The summed E-state index contributed by atoms with van der Waals surface area (Å²) in [6, 6.07) is 10.2. The van der Waals surface area contributed by atoms with Gasteiger partial charge in [-0.1, -0.05) is 0 Å². The summed E-state index contributed by atoms with van der Waals surface area (Å²) in [6.07, 6.45) is 1.61. The molecule has 32 heavy (non-hydrogen) atoms. The highest BCUT2D eigenvalue weighted by Gasteiger charge is 2.35. The Labute approximate surface area is 183 Å². The molecule has 0 bridgehead atoms. The SMILES string of the molecule is COc1ccc(N2CC(C(=O)Nc3c(C)cnn3Cc3cc(F)ccc3F)CC2=O)cc1. The van der Waals surface area contributed by atoms with Crippen LogP contribution in [0.3, 0.4) is 0 Å². The Morgan fingerprint density at radius 1 is 1.22 bits per heavy atom. The quantitative estimate of drug-likeness (QED) is 0.637. The highest BCUT2D eigenvalue weighted by molar-refractivity contribution is 6.03. The molecule has 1 atom stereocenters. The van der Waals surface area contributed by atoms with Gasteiger partial charge in [-0.25, -0.2) is 13.5 Å². The highest BCUT2D eigenvalue weighted by Crippen LogP contribution is 2.28. The van der Waals surface area contributed by atoms with Crippen molar-refractivity contribution >= 4 is 23.3 Å². The van der Waals surface area contributed by atoms with Crippen molar-refractivity contribution in [1.82, 2.24) is 9.78 Å². The molecule has 4 rings (SSSR count). The van der Waals surface area contributed by atoms with Crippen molar-refractivity contribution in [3.63, 3.8) is 0 Å². The van der Waals surface area contributed by atoms with Crippen LogP contribution in [-0.2, 0) is 16.1 Å². The first-order chi connectivity index (χ1) is 15.4. The monoisotopic (exact) mass is 440 g/mol. The molecule has 1 aliphatic heterocycles. The molecule has 3 aromatic rings. The van der Waals surface area contributed by atoms with Gasteiger partial charge in [-0.15, -0.1) is 0 Å². The number of carbonyl (C=O) groups excluding carboxylic acids is 2. The van der Waals surface area contributed by atoms with Gasteiger partial charge in [0.2, 0.25) is 11.8 Å². The molecule has 0 saturated carbocycles. The molecule has 2 aromatic carbocycles. The average molecular weight is 440 g/mol. The van der Waals surface area contributed by atoms with Crippen LogP contribution in [-0.4, -0.2) is 35.2 Å². The van der Waals surface area contributed by atoms with Gasteiger partial charge in [0.1, 0.15) is 23.2 Å². The van der Waals surface area contributed by atoms with E-state index in [1.807, 2.05) is 0 Å². The third kappa shape index (κ3) is 4.32. The first-order valence-corrected chi connectivity index (χ1v) is 10.1. The van der Waals surface area contributed by atoms with Gasteiger partial charge in [0.25, 0.3) is 0 Å². The maximum Gasteiger partial charge on any atom is 0.230 e. The van der Waals surface area contributed by atoms with Crippen LogP contribution in [0.15, 0.2) is 48.7 Å². The van der Waals surface area contributed by atoms with Crippen molar-refractivity contribution < 1.29 is 23.1 Å². The molecule has 0 radical (unpaired) electrons. The average Bonchev–Trinajstić information content (AvgIpc) is 3.34. The standard InChI is InChI=1S/C23H22F2N4O3/c1-14-11-26-29(13-15-9-17(24)3-8-20(15)25)22(14)27-23(31)16-10-21(30)28(12-16)18-4-6-19(32-2)7-5-18/h3-9,11,16H,10,12-13H2,1-2H3,(H,27,31). The van der Waals surface area contributed by atoms with Gasteiger partial charge in [-0.2, -0.15) is 5.10 Å². The number of hydrogen-bond donors (Lipinski definition) is 1. The van der Waals surface area contributed by atoms with E-state index in [0.717, 1.165) is 18.2 Å². The van der Waals surface area contributed by atoms with Crippen LogP contribution in [0.4, 0.5) is 20.3 Å². The number of hydrogen-bond acceptors (Lipinski definition) is 4. The normalized spacial score (nSPS) is 15.8. The molecule has 1 fully saturated rings. The number of nitrogens with one attached hydrogen (secondary N) is 1. The van der Waals surface area contributed by atoms with Crippen molar-refractivity contribution in [1.29, 1.82) is 0 Å². The molecule has 1 aliphatic rings. The molecule has 0 aliphatic carbocycles. The third-order valence-corrected chi connectivity index (χ3v) is 5.47.